The summed E-state index contributed by atoms with van der Waals surface area (Å²) in [5, 5.41) is 9.80. The molecule has 0 radical (unpaired) electrons. The minimum absolute atomic E-state index is 0.194. The number of piperazine rings is 1. The second-order valence-corrected chi connectivity index (χ2v) is 7.65. The summed E-state index contributed by atoms with van der Waals surface area (Å²) in [7, 11) is 0. The van der Waals surface area contributed by atoms with E-state index in [1.165, 1.54) is 12.1 Å². The molecule has 0 saturated carbocycles. The second-order valence-electron chi connectivity index (χ2n) is 6.57. The Morgan fingerprint density at radius 1 is 0.889 bits per heavy atom. The number of hydrogen-bond acceptors (Lipinski definition) is 5. The summed E-state index contributed by atoms with van der Waals surface area (Å²) in [4.78, 5) is 2.29. The second kappa shape index (κ2) is 8.06. The summed E-state index contributed by atoms with van der Waals surface area (Å²) >= 11 is 1.67. The number of anilines is 1. The Bertz CT molecular complexity index is 894. The van der Waals surface area contributed by atoms with E-state index in [2.05, 4.69) is 32.4 Å². The van der Waals surface area contributed by atoms with Crippen LogP contribution < -0.4 is 4.90 Å². The van der Waals surface area contributed by atoms with Gasteiger partial charge in [-0.1, -0.05) is 30.3 Å². The molecule has 2 heterocycles. The molecule has 0 unspecified atom stereocenters. The lowest BCUT2D eigenvalue weighted by Crippen LogP contribution is -2.43. The average molecular weight is 380 g/mol. The maximum atomic E-state index is 13.1. The molecule has 138 valence electrons. The number of aryl methyl sites for hydroxylation is 1. The molecule has 1 aliphatic rings. The third kappa shape index (κ3) is 4.28. The van der Waals surface area contributed by atoms with Crippen LogP contribution in [0.5, 0.6) is 0 Å². The molecule has 0 aliphatic carbocycles. The Kier molecular flexibility index (Phi) is 5.36. The van der Waals surface area contributed by atoms with Gasteiger partial charge in [0.25, 0.3) is 0 Å². The highest BCUT2D eigenvalue weighted by molar-refractivity contribution is 7.97. The van der Waals surface area contributed by atoms with E-state index in [0.29, 0.717) is 0 Å². The molecule has 0 amide bonds. The first-order valence-electron chi connectivity index (χ1n) is 9.02. The monoisotopic (exact) mass is 380 g/mol. The minimum atomic E-state index is -0.194. The highest BCUT2D eigenvalue weighted by atomic mass is 32.2. The van der Waals surface area contributed by atoms with Gasteiger partial charge < -0.3 is 4.90 Å². The topological polar surface area (TPSA) is 32.3 Å². The first-order valence-corrected chi connectivity index (χ1v) is 9.79. The van der Waals surface area contributed by atoms with Crippen LogP contribution in [0.4, 0.5) is 10.1 Å². The summed E-state index contributed by atoms with van der Waals surface area (Å²) < 4.78 is 15.4. The molecule has 1 aromatic heterocycles. The van der Waals surface area contributed by atoms with Crippen LogP contribution in [-0.4, -0.2) is 40.7 Å². The number of nitrogens with zero attached hydrogens (tertiary/aromatic N) is 4. The molecule has 1 fully saturated rings. The van der Waals surface area contributed by atoms with Gasteiger partial charge in [0, 0.05) is 37.4 Å². The van der Waals surface area contributed by atoms with Crippen LogP contribution in [-0.2, 0) is 0 Å². The maximum absolute atomic E-state index is 13.1. The maximum Gasteiger partial charge on any atom is 0.137 e. The van der Waals surface area contributed by atoms with Crippen LogP contribution in [0.15, 0.2) is 65.7 Å². The van der Waals surface area contributed by atoms with Crippen LogP contribution in [0.25, 0.3) is 11.3 Å². The van der Waals surface area contributed by atoms with Crippen molar-refractivity contribution in [2.75, 3.05) is 31.1 Å². The molecule has 27 heavy (non-hydrogen) atoms. The normalized spacial score (nSPS) is 15.1. The van der Waals surface area contributed by atoms with Gasteiger partial charge in [-0.15, -0.1) is 10.2 Å². The van der Waals surface area contributed by atoms with Crippen molar-refractivity contribution < 1.29 is 4.39 Å². The quantitative estimate of drug-likeness (QED) is 0.626. The Hall–Kier alpha value is -2.44. The van der Waals surface area contributed by atoms with Crippen molar-refractivity contribution >= 4 is 17.6 Å². The van der Waals surface area contributed by atoms with Gasteiger partial charge in [0.15, 0.2) is 0 Å². The first kappa shape index (κ1) is 17.9. The first-order chi connectivity index (χ1) is 13.2. The SMILES string of the molecule is Cc1cc(-c2ccccc2)nnc1SN1CCN(c2ccc(F)cc2)CC1. The summed E-state index contributed by atoms with van der Waals surface area (Å²) in [5.41, 5.74) is 4.19. The molecular weight excluding hydrogens is 359 g/mol. The number of halogens is 1. The molecule has 2 aromatic carbocycles. The molecule has 1 aliphatic heterocycles. The summed E-state index contributed by atoms with van der Waals surface area (Å²) in [6, 6.07) is 18.9. The average Bonchev–Trinajstić information content (AvgIpc) is 2.71. The molecule has 0 spiro atoms. The molecule has 1 saturated heterocycles. The Morgan fingerprint density at radius 3 is 2.26 bits per heavy atom. The summed E-state index contributed by atoms with van der Waals surface area (Å²) in [5.74, 6) is -0.194. The summed E-state index contributed by atoms with van der Waals surface area (Å²) in [6.07, 6.45) is 0. The molecule has 0 N–H and O–H groups in total. The van der Waals surface area contributed by atoms with Crippen LogP contribution in [0.3, 0.4) is 0 Å². The third-order valence-corrected chi connectivity index (χ3v) is 5.85. The predicted octanol–water partition coefficient (Wildman–Crippen LogP) is 4.42. The van der Waals surface area contributed by atoms with Gasteiger partial charge in [-0.05, 0) is 54.8 Å². The van der Waals surface area contributed by atoms with E-state index >= 15 is 0 Å². The number of aromatic nitrogens is 2. The van der Waals surface area contributed by atoms with E-state index < -0.39 is 0 Å². The van der Waals surface area contributed by atoms with E-state index in [1.54, 1.807) is 11.9 Å². The molecule has 3 aromatic rings. The van der Waals surface area contributed by atoms with Gasteiger partial charge in [-0.25, -0.2) is 8.70 Å². The van der Waals surface area contributed by atoms with Crippen LogP contribution >= 0.6 is 11.9 Å². The Labute approximate surface area is 163 Å². The van der Waals surface area contributed by atoms with Crippen LogP contribution in [0.1, 0.15) is 5.56 Å². The third-order valence-electron chi connectivity index (χ3n) is 4.65. The van der Waals surface area contributed by atoms with Gasteiger partial charge in [0.2, 0.25) is 0 Å². The van der Waals surface area contributed by atoms with Crippen LogP contribution in [0, 0.1) is 12.7 Å². The van der Waals surface area contributed by atoms with Crippen molar-refractivity contribution in [2.24, 2.45) is 0 Å². The molecular formula is C21H21FN4S. The highest BCUT2D eigenvalue weighted by Gasteiger charge is 2.19. The van der Waals surface area contributed by atoms with Crippen molar-refractivity contribution in [1.82, 2.24) is 14.5 Å². The summed E-state index contributed by atoms with van der Waals surface area (Å²) in [6.45, 7) is 5.74. The van der Waals surface area contributed by atoms with Crippen molar-refractivity contribution in [3.63, 3.8) is 0 Å². The smallest absolute Gasteiger partial charge is 0.137 e. The zero-order chi connectivity index (χ0) is 18.6. The number of benzene rings is 2. The fourth-order valence-electron chi connectivity index (χ4n) is 3.13. The van der Waals surface area contributed by atoms with Gasteiger partial charge >= 0.3 is 0 Å². The van der Waals surface area contributed by atoms with Gasteiger partial charge in [-0.3, -0.25) is 0 Å². The van der Waals surface area contributed by atoms with Crippen molar-refractivity contribution in [2.45, 2.75) is 11.9 Å². The van der Waals surface area contributed by atoms with Crippen molar-refractivity contribution in [3.05, 3.63) is 72.0 Å². The fourth-order valence-corrected chi connectivity index (χ4v) is 4.00. The molecule has 0 bridgehead atoms. The molecule has 6 heteroatoms. The van der Waals surface area contributed by atoms with Gasteiger partial charge in [0.05, 0.1) is 5.69 Å². The number of rotatable bonds is 4. The fraction of sp³-hybridized carbons (Fsp3) is 0.238. The van der Waals surface area contributed by atoms with Crippen molar-refractivity contribution in [3.8, 4) is 11.3 Å². The molecule has 4 nitrogen and oxygen atoms in total. The zero-order valence-corrected chi connectivity index (χ0v) is 16.0. The van der Waals surface area contributed by atoms with Crippen molar-refractivity contribution in [1.29, 1.82) is 0 Å². The van der Waals surface area contributed by atoms with E-state index in [4.69, 9.17) is 0 Å². The lowest BCUT2D eigenvalue weighted by Gasteiger charge is -2.35. The number of hydrogen-bond donors (Lipinski definition) is 0. The highest BCUT2D eigenvalue weighted by Crippen LogP contribution is 2.28. The Balaban J connectivity index is 1.38. The lowest BCUT2D eigenvalue weighted by atomic mass is 10.1. The lowest BCUT2D eigenvalue weighted by molar-refractivity contribution is 0.428. The standard InChI is InChI=1S/C21H21FN4S/c1-16-15-20(17-5-3-2-4-6-17)23-24-21(16)27-26-13-11-25(12-14-26)19-9-7-18(22)8-10-19/h2-10,15H,11-14H2,1H3. The largest absolute Gasteiger partial charge is 0.369 e. The molecule has 0 atom stereocenters. The van der Waals surface area contributed by atoms with Gasteiger partial charge in [0.1, 0.15) is 10.8 Å². The van der Waals surface area contributed by atoms with Gasteiger partial charge in [-0.2, -0.15) is 0 Å². The minimum Gasteiger partial charge on any atom is -0.369 e. The van der Waals surface area contributed by atoms with E-state index in [0.717, 1.165) is 53.7 Å². The van der Waals surface area contributed by atoms with Crippen LogP contribution in [0.2, 0.25) is 0 Å². The van der Waals surface area contributed by atoms with E-state index in [-0.39, 0.29) is 5.82 Å². The van der Waals surface area contributed by atoms with E-state index in [1.807, 2.05) is 42.5 Å². The zero-order valence-electron chi connectivity index (χ0n) is 15.2. The Morgan fingerprint density at radius 2 is 1.59 bits per heavy atom. The predicted molar refractivity (Wildman–Crippen MR) is 108 cm³/mol. The molecule has 4 rings (SSSR count). The van der Waals surface area contributed by atoms with E-state index in [9.17, 15) is 4.39 Å².